The third kappa shape index (κ3) is 4.91. The third-order valence-electron chi connectivity index (χ3n) is 3.04. The van der Waals surface area contributed by atoms with E-state index in [0.717, 1.165) is 11.3 Å². The van der Waals surface area contributed by atoms with Gasteiger partial charge in [0, 0.05) is 0 Å². The van der Waals surface area contributed by atoms with Crippen LogP contribution in [0.3, 0.4) is 0 Å². The lowest BCUT2D eigenvalue weighted by Gasteiger charge is -2.19. The Balaban J connectivity index is 2.57. The molecule has 106 valence electrons. The van der Waals surface area contributed by atoms with Gasteiger partial charge in [0.05, 0.1) is 19.2 Å². The normalized spacial score (nSPS) is 14.0. The topological polar surface area (TPSA) is 64.3 Å². The van der Waals surface area contributed by atoms with Gasteiger partial charge in [0.1, 0.15) is 5.75 Å². The second kappa shape index (κ2) is 7.14. The summed E-state index contributed by atoms with van der Waals surface area (Å²) >= 11 is 0. The minimum atomic E-state index is -0.444. The molecule has 1 aromatic rings. The van der Waals surface area contributed by atoms with Gasteiger partial charge in [0.2, 0.25) is 5.91 Å². The first-order chi connectivity index (χ1) is 8.93. The Kier molecular flexibility index (Phi) is 5.83. The summed E-state index contributed by atoms with van der Waals surface area (Å²) in [7, 11) is 1.63. The van der Waals surface area contributed by atoms with E-state index in [1.807, 2.05) is 31.2 Å². The van der Waals surface area contributed by atoms with E-state index in [1.54, 1.807) is 7.11 Å². The Morgan fingerprint density at radius 1 is 1.26 bits per heavy atom. The van der Waals surface area contributed by atoms with Crippen LogP contribution in [-0.4, -0.2) is 19.1 Å². The van der Waals surface area contributed by atoms with E-state index in [9.17, 15) is 4.79 Å². The summed E-state index contributed by atoms with van der Waals surface area (Å²) in [4.78, 5) is 11.9. The maximum Gasteiger partial charge on any atom is 0.237 e. The summed E-state index contributed by atoms with van der Waals surface area (Å²) in [5.41, 5.74) is 6.89. The molecule has 0 aliphatic rings. The van der Waals surface area contributed by atoms with Crippen molar-refractivity contribution >= 4 is 5.91 Å². The van der Waals surface area contributed by atoms with E-state index in [2.05, 4.69) is 19.2 Å². The number of benzene rings is 1. The number of rotatable bonds is 6. The predicted octanol–water partition coefficient (Wildman–Crippen LogP) is 2.25. The summed E-state index contributed by atoms with van der Waals surface area (Å²) in [6.45, 7) is 6.06. The number of ether oxygens (including phenoxy) is 1. The monoisotopic (exact) mass is 264 g/mol. The molecule has 1 aromatic carbocycles. The van der Waals surface area contributed by atoms with E-state index in [4.69, 9.17) is 10.5 Å². The average Bonchev–Trinajstić information content (AvgIpc) is 2.37. The van der Waals surface area contributed by atoms with Crippen molar-refractivity contribution in [1.82, 2.24) is 5.32 Å². The quantitative estimate of drug-likeness (QED) is 0.828. The third-order valence-corrected chi connectivity index (χ3v) is 3.04. The second-order valence-electron chi connectivity index (χ2n) is 5.24. The van der Waals surface area contributed by atoms with Gasteiger partial charge in [-0.3, -0.25) is 4.79 Å². The number of amides is 1. The molecular formula is C15H24N2O2. The zero-order chi connectivity index (χ0) is 14.4. The molecule has 1 rings (SSSR count). The molecule has 0 saturated heterocycles. The minimum Gasteiger partial charge on any atom is -0.497 e. The van der Waals surface area contributed by atoms with Crippen LogP contribution in [-0.2, 0) is 4.79 Å². The van der Waals surface area contributed by atoms with Gasteiger partial charge in [0.25, 0.3) is 0 Å². The highest BCUT2D eigenvalue weighted by Gasteiger charge is 2.17. The van der Waals surface area contributed by atoms with Crippen LogP contribution in [0.5, 0.6) is 5.75 Å². The van der Waals surface area contributed by atoms with Crippen molar-refractivity contribution in [2.45, 2.75) is 39.3 Å². The standard InChI is InChI=1S/C15H24N2O2/c1-10(2)9-14(16)15(18)17-11(3)12-5-7-13(19-4)8-6-12/h5-8,10-11,14H,9,16H2,1-4H3,(H,17,18)/t11-,14?/m1/s1. The molecule has 0 spiro atoms. The number of hydrogen-bond acceptors (Lipinski definition) is 3. The van der Waals surface area contributed by atoms with Crippen LogP contribution in [0.25, 0.3) is 0 Å². The van der Waals surface area contributed by atoms with Crippen LogP contribution in [0, 0.1) is 5.92 Å². The van der Waals surface area contributed by atoms with Gasteiger partial charge in [0.15, 0.2) is 0 Å². The van der Waals surface area contributed by atoms with E-state index in [0.29, 0.717) is 12.3 Å². The number of hydrogen-bond donors (Lipinski definition) is 2. The Morgan fingerprint density at radius 2 is 1.84 bits per heavy atom. The van der Waals surface area contributed by atoms with Crippen molar-refractivity contribution in [3.8, 4) is 5.75 Å². The van der Waals surface area contributed by atoms with Crippen molar-refractivity contribution in [2.24, 2.45) is 11.7 Å². The number of methoxy groups -OCH3 is 1. The fourth-order valence-electron chi connectivity index (χ4n) is 1.91. The van der Waals surface area contributed by atoms with Crippen molar-refractivity contribution < 1.29 is 9.53 Å². The first-order valence-corrected chi connectivity index (χ1v) is 6.64. The molecule has 1 amide bonds. The molecule has 1 unspecified atom stereocenters. The van der Waals surface area contributed by atoms with E-state index in [-0.39, 0.29) is 11.9 Å². The zero-order valence-electron chi connectivity index (χ0n) is 12.1. The number of nitrogens with two attached hydrogens (primary N) is 1. The molecular weight excluding hydrogens is 240 g/mol. The van der Waals surface area contributed by atoms with Gasteiger partial charge in [-0.25, -0.2) is 0 Å². The molecule has 2 atom stereocenters. The SMILES string of the molecule is COc1ccc([C@@H](C)NC(=O)C(N)CC(C)C)cc1. The van der Waals surface area contributed by atoms with Gasteiger partial charge in [-0.1, -0.05) is 26.0 Å². The minimum absolute atomic E-state index is 0.0587. The fourth-order valence-corrected chi connectivity index (χ4v) is 1.91. The van der Waals surface area contributed by atoms with Crippen molar-refractivity contribution in [2.75, 3.05) is 7.11 Å². The van der Waals surface area contributed by atoms with E-state index >= 15 is 0 Å². The van der Waals surface area contributed by atoms with Gasteiger partial charge in [-0.05, 0) is 37.0 Å². The summed E-state index contributed by atoms with van der Waals surface area (Å²) in [6.07, 6.45) is 0.696. The largest absolute Gasteiger partial charge is 0.497 e. The molecule has 4 nitrogen and oxygen atoms in total. The molecule has 0 fully saturated rings. The van der Waals surface area contributed by atoms with E-state index in [1.165, 1.54) is 0 Å². The molecule has 0 aliphatic heterocycles. The zero-order valence-corrected chi connectivity index (χ0v) is 12.1. The number of carbonyl (C=O) groups excluding carboxylic acids is 1. The molecule has 0 saturated carbocycles. The van der Waals surface area contributed by atoms with Crippen LogP contribution in [0.1, 0.15) is 38.8 Å². The summed E-state index contributed by atoms with van der Waals surface area (Å²) < 4.78 is 5.10. The van der Waals surface area contributed by atoms with Crippen molar-refractivity contribution in [3.05, 3.63) is 29.8 Å². The first-order valence-electron chi connectivity index (χ1n) is 6.64. The summed E-state index contributed by atoms with van der Waals surface area (Å²) in [5, 5.41) is 2.93. The number of nitrogens with one attached hydrogen (secondary N) is 1. The van der Waals surface area contributed by atoms with Crippen LogP contribution < -0.4 is 15.8 Å². The molecule has 19 heavy (non-hydrogen) atoms. The summed E-state index contributed by atoms with van der Waals surface area (Å²) in [5.74, 6) is 1.12. The highest BCUT2D eigenvalue weighted by molar-refractivity contribution is 5.81. The summed E-state index contributed by atoms with van der Waals surface area (Å²) in [6, 6.07) is 7.14. The van der Waals surface area contributed by atoms with Gasteiger partial charge in [-0.2, -0.15) is 0 Å². The molecule has 0 radical (unpaired) electrons. The van der Waals surface area contributed by atoms with Crippen LogP contribution in [0.4, 0.5) is 0 Å². The van der Waals surface area contributed by atoms with Gasteiger partial charge in [-0.15, -0.1) is 0 Å². The maximum absolute atomic E-state index is 11.9. The van der Waals surface area contributed by atoms with Gasteiger partial charge >= 0.3 is 0 Å². The van der Waals surface area contributed by atoms with Gasteiger partial charge < -0.3 is 15.8 Å². The highest BCUT2D eigenvalue weighted by atomic mass is 16.5. The lowest BCUT2D eigenvalue weighted by atomic mass is 10.0. The predicted molar refractivity (Wildman–Crippen MR) is 77.0 cm³/mol. The van der Waals surface area contributed by atoms with Crippen LogP contribution in [0.15, 0.2) is 24.3 Å². The molecule has 3 N–H and O–H groups in total. The lowest BCUT2D eigenvalue weighted by molar-refractivity contribution is -0.123. The van der Waals surface area contributed by atoms with E-state index < -0.39 is 6.04 Å². The highest BCUT2D eigenvalue weighted by Crippen LogP contribution is 2.17. The second-order valence-corrected chi connectivity index (χ2v) is 5.24. The maximum atomic E-state index is 11.9. The van der Waals surface area contributed by atoms with Crippen LogP contribution in [0.2, 0.25) is 0 Å². The molecule has 0 aromatic heterocycles. The fraction of sp³-hybridized carbons (Fsp3) is 0.533. The lowest BCUT2D eigenvalue weighted by Crippen LogP contribution is -2.42. The molecule has 0 aliphatic carbocycles. The average molecular weight is 264 g/mol. The van der Waals surface area contributed by atoms with Crippen molar-refractivity contribution in [1.29, 1.82) is 0 Å². The Morgan fingerprint density at radius 3 is 2.32 bits per heavy atom. The molecule has 0 bridgehead atoms. The Bertz CT molecular complexity index is 401. The Hall–Kier alpha value is -1.55. The van der Waals surface area contributed by atoms with Crippen LogP contribution >= 0.6 is 0 Å². The smallest absolute Gasteiger partial charge is 0.237 e. The first kappa shape index (κ1) is 15.5. The number of carbonyl (C=O) groups is 1. The van der Waals surface area contributed by atoms with Crippen molar-refractivity contribution in [3.63, 3.8) is 0 Å². The Labute approximate surface area is 115 Å². The molecule has 4 heteroatoms. The molecule has 0 heterocycles.